The van der Waals surface area contributed by atoms with Crippen molar-refractivity contribution in [3.63, 3.8) is 0 Å². The molecule has 0 bridgehead atoms. The second-order valence-corrected chi connectivity index (χ2v) is 6.05. The Bertz CT molecular complexity index is 602. The van der Waals surface area contributed by atoms with Gasteiger partial charge in [0.25, 0.3) is 11.8 Å². The molecule has 2 aliphatic rings. The lowest BCUT2D eigenvalue weighted by Crippen LogP contribution is -2.39. The van der Waals surface area contributed by atoms with Crippen molar-refractivity contribution in [2.45, 2.75) is 31.9 Å². The highest BCUT2D eigenvalue weighted by Gasteiger charge is 2.24. The zero-order valence-electron chi connectivity index (χ0n) is 13.6. The molecule has 1 saturated heterocycles. The van der Waals surface area contributed by atoms with E-state index in [0.29, 0.717) is 24.5 Å². The van der Waals surface area contributed by atoms with Crippen molar-refractivity contribution >= 4 is 17.5 Å². The van der Waals surface area contributed by atoms with Crippen LogP contribution < -0.4 is 9.64 Å². The fraction of sp³-hybridized carbons (Fsp3) is 0.444. The van der Waals surface area contributed by atoms with Gasteiger partial charge in [-0.2, -0.15) is 0 Å². The van der Waals surface area contributed by atoms with Crippen molar-refractivity contribution in [1.82, 2.24) is 4.90 Å². The first kappa shape index (κ1) is 16.7. The monoisotopic (exact) mass is 330 g/mol. The van der Waals surface area contributed by atoms with Crippen LogP contribution in [0.3, 0.4) is 0 Å². The summed E-state index contributed by atoms with van der Waals surface area (Å²) < 4.78 is 5.65. The van der Waals surface area contributed by atoms with Crippen molar-refractivity contribution in [2.75, 3.05) is 24.6 Å². The van der Waals surface area contributed by atoms with Gasteiger partial charge < -0.3 is 9.84 Å². The molecule has 6 heteroatoms. The van der Waals surface area contributed by atoms with Gasteiger partial charge in [0.1, 0.15) is 12.0 Å². The van der Waals surface area contributed by atoms with Crippen molar-refractivity contribution < 1.29 is 19.4 Å². The maximum Gasteiger partial charge on any atom is 0.258 e. The summed E-state index contributed by atoms with van der Waals surface area (Å²) in [6.07, 6.45) is 6.13. The molecular weight excluding hydrogens is 308 g/mol. The average molecular weight is 330 g/mol. The number of amides is 2. The van der Waals surface area contributed by atoms with Crippen molar-refractivity contribution in [2.24, 2.45) is 0 Å². The number of aliphatic hydroxyl groups excluding tert-OH is 1. The number of carbonyl (C=O) groups excluding carboxylic acids is 2. The highest BCUT2D eigenvalue weighted by Crippen LogP contribution is 2.22. The molecule has 1 atom stereocenters. The SMILES string of the molecule is O=C1C=CC(=O)N1c1ccc(OCCC(O)N2CCCCC2)cc1. The van der Waals surface area contributed by atoms with E-state index in [4.69, 9.17) is 4.74 Å². The van der Waals surface area contributed by atoms with Gasteiger partial charge in [-0.15, -0.1) is 0 Å². The number of ether oxygens (including phenoxy) is 1. The summed E-state index contributed by atoms with van der Waals surface area (Å²) in [6, 6.07) is 6.81. The molecule has 128 valence electrons. The van der Waals surface area contributed by atoms with Crippen LogP contribution in [0.1, 0.15) is 25.7 Å². The molecule has 0 radical (unpaired) electrons. The largest absolute Gasteiger partial charge is 0.493 e. The number of hydrogen-bond donors (Lipinski definition) is 1. The highest BCUT2D eigenvalue weighted by atomic mass is 16.5. The van der Waals surface area contributed by atoms with Crippen LogP contribution >= 0.6 is 0 Å². The molecule has 3 rings (SSSR count). The van der Waals surface area contributed by atoms with Gasteiger partial charge in [-0.05, 0) is 37.1 Å². The number of aliphatic hydroxyl groups is 1. The minimum absolute atomic E-state index is 0.335. The number of imide groups is 1. The van der Waals surface area contributed by atoms with Gasteiger partial charge in [-0.25, -0.2) is 4.90 Å². The predicted molar refractivity (Wildman–Crippen MR) is 89.6 cm³/mol. The zero-order chi connectivity index (χ0) is 16.9. The molecule has 0 saturated carbocycles. The highest BCUT2D eigenvalue weighted by molar-refractivity contribution is 6.28. The van der Waals surface area contributed by atoms with Gasteiger partial charge in [0.15, 0.2) is 0 Å². The van der Waals surface area contributed by atoms with E-state index >= 15 is 0 Å². The number of rotatable bonds is 6. The summed E-state index contributed by atoms with van der Waals surface area (Å²) in [5.74, 6) is -0.0201. The predicted octanol–water partition coefficient (Wildman–Crippen LogP) is 1.69. The van der Waals surface area contributed by atoms with Crippen LogP contribution in [0.2, 0.25) is 0 Å². The van der Waals surface area contributed by atoms with E-state index in [9.17, 15) is 14.7 Å². The first-order valence-electron chi connectivity index (χ1n) is 8.36. The first-order valence-corrected chi connectivity index (χ1v) is 8.36. The molecule has 1 aromatic carbocycles. The molecule has 1 unspecified atom stereocenters. The van der Waals surface area contributed by atoms with Crippen LogP contribution in [0, 0.1) is 0 Å². The normalized spacial score (nSPS) is 19.8. The van der Waals surface area contributed by atoms with Crippen LogP contribution in [0.4, 0.5) is 5.69 Å². The summed E-state index contributed by atoms with van der Waals surface area (Å²) in [5, 5.41) is 10.2. The molecule has 1 fully saturated rings. The Kier molecular flexibility index (Phi) is 5.27. The van der Waals surface area contributed by atoms with E-state index in [-0.39, 0.29) is 11.8 Å². The van der Waals surface area contributed by atoms with Crippen LogP contribution in [-0.4, -0.2) is 47.7 Å². The fourth-order valence-electron chi connectivity index (χ4n) is 3.03. The van der Waals surface area contributed by atoms with Gasteiger partial charge >= 0.3 is 0 Å². The average Bonchev–Trinajstić information content (AvgIpc) is 2.95. The van der Waals surface area contributed by atoms with Crippen LogP contribution in [0.15, 0.2) is 36.4 Å². The first-order chi connectivity index (χ1) is 11.6. The summed E-state index contributed by atoms with van der Waals surface area (Å²) in [4.78, 5) is 26.4. The quantitative estimate of drug-likeness (QED) is 0.804. The number of likely N-dealkylation sites (tertiary alicyclic amines) is 1. The lowest BCUT2D eigenvalue weighted by atomic mass is 10.1. The Hall–Kier alpha value is -2.18. The minimum Gasteiger partial charge on any atom is -0.493 e. The van der Waals surface area contributed by atoms with Crippen LogP contribution in [0.5, 0.6) is 5.75 Å². The maximum absolute atomic E-state index is 11.6. The number of hydrogen-bond acceptors (Lipinski definition) is 5. The molecule has 1 N–H and O–H groups in total. The molecule has 0 aliphatic carbocycles. The van der Waals surface area contributed by atoms with Gasteiger partial charge in [0.05, 0.1) is 12.3 Å². The van der Waals surface area contributed by atoms with Crippen molar-refractivity contribution in [1.29, 1.82) is 0 Å². The summed E-state index contributed by atoms with van der Waals surface area (Å²) >= 11 is 0. The van der Waals surface area contributed by atoms with Crippen molar-refractivity contribution in [3.8, 4) is 5.75 Å². The molecule has 2 aliphatic heterocycles. The van der Waals surface area contributed by atoms with Crippen molar-refractivity contribution in [3.05, 3.63) is 36.4 Å². The molecule has 0 aromatic heterocycles. The van der Waals surface area contributed by atoms with Crippen LogP contribution in [-0.2, 0) is 9.59 Å². The number of benzene rings is 1. The molecular formula is C18H22N2O4. The molecule has 0 spiro atoms. The van der Waals surface area contributed by atoms with E-state index in [0.717, 1.165) is 30.8 Å². The Labute approximate surface area is 141 Å². The Morgan fingerprint density at radius 2 is 1.62 bits per heavy atom. The Morgan fingerprint density at radius 3 is 2.25 bits per heavy atom. The van der Waals surface area contributed by atoms with E-state index in [1.165, 1.54) is 18.6 Å². The Balaban J connectivity index is 1.48. The third-order valence-electron chi connectivity index (χ3n) is 4.36. The fourth-order valence-corrected chi connectivity index (χ4v) is 3.03. The number of anilines is 1. The summed E-state index contributed by atoms with van der Waals surface area (Å²) in [5.41, 5.74) is 0.524. The number of nitrogens with zero attached hydrogens (tertiary/aromatic N) is 2. The van der Waals surface area contributed by atoms with Crippen LogP contribution in [0.25, 0.3) is 0 Å². The summed E-state index contributed by atoms with van der Waals surface area (Å²) in [7, 11) is 0. The van der Waals surface area contributed by atoms with E-state index < -0.39 is 6.23 Å². The molecule has 2 amide bonds. The second-order valence-electron chi connectivity index (χ2n) is 6.05. The Morgan fingerprint density at radius 1 is 1.00 bits per heavy atom. The molecule has 24 heavy (non-hydrogen) atoms. The van der Waals surface area contributed by atoms with Gasteiger partial charge in [0.2, 0.25) is 0 Å². The lowest BCUT2D eigenvalue weighted by molar-refractivity contribution is -0.119. The van der Waals surface area contributed by atoms with Gasteiger partial charge in [0, 0.05) is 31.7 Å². The molecule has 6 nitrogen and oxygen atoms in total. The number of piperidine rings is 1. The third kappa shape index (κ3) is 3.83. The standard InChI is InChI=1S/C18H22N2O4/c21-16(19-11-2-1-3-12-19)10-13-24-15-6-4-14(5-7-15)20-17(22)8-9-18(20)23/h4-9,16,21H,1-3,10-13H2. The van der Waals surface area contributed by atoms with Gasteiger partial charge in [-0.1, -0.05) is 6.42 Å². The van der Waals surface area contributed by atoms with Gasteiger partial charge in [-0.3, -0.25) is 14.5 Å². The molecule has 1 aromatic rings. The second kappa shape index (κ2) is 7.59. The topological polar surface area (TPSA) is 70.1 Å². The van der Waals surface area contributed by atoms with E-state index in [2.05, 4.69) is 4.90 Å². The number of carbonyl (C=O) groups is 2. The van der Waals surface area contributed by atoms with E-state index in [1.54, 1.807) is 24.3 Å². The lowest BCUT2D eigenvalue weighted by Gasteiger charge is -2.31. The smallest absolute Gasteiger partial charge is 0.258 e. The third-order valence-corrected chi connectivity index (χ3v) is 4.36. The zero-order valence-corrected chi connectivity index (χ0v) is 13.6. The minimum atomic E-state index is -0.463. The summed E-state index contributed by atoms with van der Waals surface area (Å²) in [6.45, 7) is 2.31. The van der Waals surface area contributed by atoms with E-state index in [1.807, 2.05) is 0 Å². The maximum atomic E-state index is 11.6. The molecule has 2 heterocycles.